The third-order valence-corrected chi connectivity index (χ3v) is 3.76. The molecular formula is C17H18. The summed E-state index contributed by atoms with van der Waals surface area (Å²) >= 11 is 0. The van der Waals surface area contributed by atoms with E-state index in [1.54, 1.807) is 11.1 Å². The average Bonchev–Trinajstić information content (AvgIpc) is 2.31. The summed E-state index contributed by atoms with van der Waals surface area (Å²) in [5.41, 5.74) is 7.41. The zero-order chi connectivity index (χ0) is 11.7. The van der Waals surface area contributed by atoms with Crippen molar-refractivity contribution in [3.8, 4) is 0 Å². The highest BCUT2D eigenvalue weighted by Gasteiger charge is 2.12. The van der Waals surface area contributed by atoms with Crippen LogP contribution in [-0.4, -0.2) is 0 Å². The lowest BCUT2D eigenvalue weighted by Crippen LogP contribution is -2.08. The van der Waals surface area contributed by atoms with Crippen molar-refractivity contribution in [2.24, 2.45) is 0 Å². The first kappa shape index (κ1) is 10.6. The molecule has 86 valence electrons. The van der Waals surface area contributed by atoms with Crippen LogP contribution in [0.2, 0.25) is 0 Å². The number of hydrogen-bond acceptors (Lipinski definition) is 0. The van der Waals surface area contributed by atoms with E-state index in [2.05, 4.69) is 49.4 Å². The largest absolute Gasteiger partial charge is 0.0591 e. The molecule has 0 aliphatic heterocycles. The Bertz CT molecular complexity index is 520. The van der Waals surface area contributed by atoms with E-state index in [0.717, 1.165) is 12.8 Å². The summed E-state index contributed by atoms with van der Waals surface area (Å²) in [6.07, 6.45) is 4.89. The van der Waals surface area contributed by atoms with Gasteiger partial charge in [0.15, 0.2) is 0 Å². The monoisotopic (exact) mass is 222 g/mol. The van der Waals surface area contributed by atoms with Crippen molar-refractivity contribution in [3.05, 3.63) is 70.3 Å². The van der Waals surface area contributed by atoms with Gasteiger partial charge in [-0.1, -0.05) is 48.0 Å². The first-order valence-electron chi connectivity index (χ1n) is 6.47. The maximum absolute atomic E-state index is 2.40. The van der Waals surface area contributed by atoms with Gasteiger partial charge in [0, 0.05) is 0 Å². The third-order valence-electron chi connectivity index (χ3n) is 3.76. The molecule has 2 aromatic rings. The van der Waals surface area contributed by atoms with Crippen molar-refractivity contribution in [1.29, 1.82) is 0 Å². The van der Waals surface area contributed by atoms with Crippen LogP contribution in [0.15, 0.2) is 42.5 Å². The number of fused-ring (bicyclic) bond motifs is 1. The summed E-state index contributed by atoms with van der Waals surface area (Å²) in [5.74, 6) is 0. The minimum absolute atomic E-state index is 1.15. The predicted octanol–water partition coefficient (Wildman–Crippen LogP) is 3.88. The highest BCUT2D eigenvalue weighted by atomic mass is 14.2. The van der Waals surface area contributed by atoms with Crippen LogP contribution >= 0.6 is 0 Å². The van der Waals surface area contributed by atoms with Crippen LogP contribution in [0.3, 0.4) is 0 Å². The lowest BCUT2D eigenvalue weighted by Gasteiger charge is -2.19. The smallest absolute Gasteiger partial charge is 0.0235 e. The quantitative estimate of drug-likeness (QED) is 0.739. The van der Waals surface area contributed by atoms with Crippen LogP contribution in [0.4, 0.5) is 0 Å². The van der Waals surface area contributed by atoms with Gasteiger partial charge in [0.05, 0.1) is 0 Å². The summed E-state index contributed by atoms with van der Waals surface area (Å²) in [6, 6.07) is 15.9. The van der Waals surface area contributed by atoms with Crippen LogP contribution in [-0.2, 0) is 25.7 Å². The maximum Gasteiger partial charge on any atom is -0.0235 e. The topological polar surface area (TPSA) is 0 Å². The Kier molecular flexibility index (Phi) is 2.72. The Labute approximate surface area is 103 Å². The highest BCUT2D eigenvalue weighted by Crippen LogP contribution is 2.24. The molecule has 0 aromatic heterocycles. The molecule has 1 aliphatic rings. The second kappa shape index (κ2) is 4.37. The minimum atomic E-state index is 1.15. The van der Waals surface area contributed by atoms with Gasteiger partial charge in [-0.05, 0) is 54.9 Å². The van der Waals surface area contributed by atoms with Crippen molar-refractivity contribution in [2.45, 2.75) is 32.6 Å². The SMILES string of the molecule is Cc1ccc(CCc2ccc3c(c2)CC3)cc1. The molecule has 0 atom stereocenters. The average molecular weight is 222 g/mol. The Morgan fingerprint density at radius 2 is 1.41 bits per heavy atom. The molecule has 2 aromatic carbocycles. The second-order valence-corrected chi connectivity index (χ2v) is 5.09. The Morgan fingerprint density at radius 3 is 2.06 bits per heavy atom. The van der Waals surface area contributed by atoms with Gasteiger partial charge in [0.2, 0.25) is 0 Å². The number of aryl methyl sites for hydroxylation is 5. The van der Waals surface area contributed by atoms with Crippen molar-refractivity contribution in [3.63, 3.8) is 0 Å². The zero-order valence-corrected chi connectivity index (χ0v) is 10.4. The normalized spacial score (nSPS) is 13.0. The second-order valence-electron chi connectivity index (χ2n) is 5.09. The summed E-state index contributed by atoms with van der Waals surface area (Å²) in [6.45, 7) is 2.14. The van der Waals surface area contributed by atoms with Gasteiger partial charge >= 0.3 is 0 Å². The molecule has 0 nitrogen and oxygen atoms in total. The molecule has 0 unspecified atom stereocenters. The molecule has 0 heterocycles. The number of hydrogen-bond donors (Lipinski definition) is 0. The van der Waals surface area contributed by atoms with Crippen LogP contribution in [0.5, 0.6) is 0 Å². The van der Waals surface area contributed by atoms with Gasteiger partial charge in [0.25, 0.3) is 0 Å². The summed E-state index contributed by atoms with van der Waals surface area (Å²) in [7, 11) is 0. The molecule has 0 fully saturated rings. The molecule has 0 amide bonds. The van der Waals surface area contributed by atoms with Gasteiger partial charge in [-0.15, -0.1) is 0 Å². The van der Waals surface area contributed by atoms with Crippen LogP contribution in [0.25, 0.3) is 0 Å². The van der Waals surface area contributed by atoms with E-state index in [9.17, 15) is 0 Å². The molecule has 3 rings (SSSR count). The predicted molar refractivity (Wildman–Crippen MR) is 72.4 cm³/mol. The Morgan fingerprint density at radius 1 is 0.765 bits per heavy atom. The standard InChI is InChI=1S/C17H18/c1-13-2-4-14(5-3-13)6-7-15-8-9-16-10-11-17(16)12-15/h2-5,8-9,12H,6-7,10-11H2,1H3. The lowest BCUT2D eigenvalue weighted by molar-refractivity contribution is 0.828. The zero-order valence-electron chi connectivity index (χ0n) is 10.4. The van der Waals surface area contributed by atoms with Crippen molar-refractivity contribution >= 4 is 0 Å². The van der Waals surface area contributed by atoms with Gasteiger partial charge in [-0.2, -0.15) is 0 Å². The summed E-state index contributed by atoms with van der Waals surface area (Å²) < 4.78 is 0. The molecule has 0 radical (unpaired) electrons. The van der Waals surface area contributed by atoms with E-state index < -0.39 is 0 Å². The molecule has 0 bridgehead atoms. The first-order chi connectivity index (χ1) is 8.31. The molecule has 0 saturated heterocycles. The van der Waals surface area contributed by atoms with E-state index in [-0.39, 0.29) is 0 Å². The Balaban J connectivity index is 1.67. The molecule has 0 heteroatoms. The first-order valence-corrected chi connectivity index (χ1v) is 6.47. The van der Waals surface area contributed by atoms with Gasteiger partial charge in [0.1, 0.15) is 0 Å². The minimum Gasteiger partial charge on any atom is -0.0591 e. The number of rotatable bonds is 3. The van der Waals surface area contributed by atoms with Gasteiger partial charge < -0.3 is 0 Å². The fraction of sp³-hybridized carbons (Fsp3) is 0.294. The number of benzene rings is 2. The van der Waals surface area contributed by atoms with E-state index in [0.29, 0.717) is 0 Å². The molecule has 0 N–H and O–H groups in total. The third kappa shape index (κ3) is 2.26. The van der Waals surface area contributed by atoms with Crippen LogP contribution < -0.4 is 0 Å². The maximum atomic E-state index is 2.40. The van der Waals surface area contributed by atoms with Crippen molar-refractivity contribution < 1.29 is 0 Å². The highest BCUT2D eigenvalue weighted by molar-refractivity contribution is 5.39. The van der Waals surface area contributed by atoms with E-state index in [4.69, 9.17) is 0 Å². The fourth-order valence-electron chi connectivity index (χ4n) is 2.45. The molecule has 1 aliphatic carbocycles. The van der Waals surface area contributed by atoms with Gasteiger partial charge in [-0.25, -0.2) is 0 Å². The lowest BCUT2D eigenvalue weighted by atomic mass is 9.86. The van der Waals surface area contributed by atoms with Crippen molar-refractivity contribution in [2.75, 3.05) is 0 Å². The van der Waals surface area contributed by atoms with E-state index in [1.165, 1.54) is 29.5 Å². The summed E-state index contributed by atoms with van der Waals surface area (Å²) in [4.78, 5) is 0. The summed E-state index contributed by atoms with van der Waals surface area (Å²) in [5, 5.41) is 0. The van der Waals surface area contributed by atoms with E-state index >= 15 is 0 Å². The van der Waals surface area contributed by atoms with E-state index in [1.807, 2.05) is 0 Å². The van der Waals surface area contributed by atoms with Crippen molar-refractivity contribution in [1.82, 2.24) is 0 Å². The Hall–Kier alpha value is -1.56. The van der Waals surface area contributed by atoms with Crippen LogP contribution in [0.1, 0.15) is 27.8 Å². The molecular weight excluding hydrogens is 204 g/mol. The molecule has 17 heavy (non-hydrogen) atoms. The fourth-order valence-corrected chi connectivity index (χ4v) is 2.45. The van der Waals surface area contributed by atoms with Gasteiger partial charge in [-0.3, -0.25) is 0 Å². The molecule has 0 spiro atoms. The molecule has 0 saturated carbocycles. The van der Waals surface area contributed by atoms with Crippen LogP contribution in [0, 0.1) is 6.92 Å².